The molecule has 0 aromatic heterocycles. The van der Waals surface area contributed by atoms with Crippen LogP contribution in [0.1, 0.15) is 51.7 Å². The predicted octanol–water partition coefficient (Wildman–Crippen LogP) is 6.05. The molecule has 0 spiro atoms. The van der Waals surface area contributed by atoms with E-state index in [-0.39, 0.29) is 42.0 Å². The minimum Gasteiger partial charge on any atom is -0.469 e. The van der Waals surface area contributed by atoms with Gasteiger partial charge in [-0.25, -0.2) is 0 Å². The van der Waals surface area contributed by atoms with E-state index in [0.29, 0.717) is 25.7 Å². The maximum Gasteiger partial charge on any atom is 0.311 e. The Morgan fingerprint density at radius 2 is 1.54 bits per heavy atom. The van der Waals surface area contributed by atoms with Gasteiger partial charge in [0.1, 0.15) is 0 Å². The summed E-state index contributed by atoms with van der Waals surface area (Å²) in [7, 11) is 1.44. The number of benzene rings is 2. The van der Waals surface area contributed by atoms with Crippen molar-refractivity contribution in [2.45, 2.75) is 72.1 Å². The van der Waals surface area contributed by atoms with Crippen molar-refractivity contribution in [1.82, 2.24) is 0 Å². The Morgan fingerprint density at radius 1 is 0.943 bits per heavy atom. The van der Waals surface area contributed by atoms with Gasteiger partial charge in [0.05, 0.1) is 51.2 Å². The first-order valence-corrected chi connectivity index (χ1v) is 12.9. The summed E-state index contributed by atoms with van der Waals surface area (Å²) in [6.07, 6.45) is 1.70. The third-order valence-corrected chi connectivity index (χ3v) is 7.30. The van der Waals surface area contributed by atoms with Crippen LogP contribution in [0.25, 0.3) is 0 Å². The number of rotatable bonds is 12. The highest BCUT2D eigenvalue weighted by molar-refractivity contribution is 5.72. The lowest BCUT2D eigenvalue weighted by Gasteiger charge is -2.43. The van der Waals surface area contributed by atoms with Crippen molar-refractivity contribution < 1.29 is 23.7 Å². The molecule has 0 amide bonds. The predicted molar refractivity (Wildman–Crippen MR) is 138 cm³/mol. The highest BCUT2D eigenvalue weighted by Crippen LogP contribution is 2.36. The van der Waals surface area contributed by atoms with E-state index in [0.717, 1.165) is 18.4 Å². The van der Waals surface area contributed by atoms with Crippen molar-refractivity contribution in [1.29, 1.82) is 0 Å². The molecule has 0 aliphatic carbocycles. The van der Waals surface area contributed by atoms with Gasteiger partial charge >= 0.3 is 5.97 Å². The molecule has 3 rings (SSSR count). The molecule has 1 heterocycles. The van der Waals surface area contributed by atoms with Crippen LogP contribution in [0, 0.1) is 23.7 Å². The SMILES string of the molecule is COC(=O)[C@@H](C)[C@@H]1CC[C@H](C)[C@@H]([C@@H](C)[C@@H](OCc2ccccc2)[C@@H](C)COCc2ccccc2)O1. The van der Waals surface area contributed by atoms with E-state index in [4.69, 9.17) is 18.9 Å². The fourth-order valence-corrected chi connectivity index (χ4v) is 5.16. The van der Waals surface area contributed by atoms with E-state index in [1.165, 1.54) is 12.7 Å². The van der Waals surface area contributed by atoms with Crippen molar-refractivity contribution in [2.24, 2.45) is 23.7 Å². The molecule has 0 unspecified atom stereocenters. The second-order valence-corrected chi connectivity index (χ2v) is 10.1. The van der Waals surface area contributed by atoms with E-state index in [1.54, 1.807) is 0 Å². The van der Waals surface area contributed by atoms with E-state index >= 15 is 0 Å². The number of carbonyl (C=O) groups is 1. The summed E-state index contributed by atoms with van der Waals surface area (Å²) < 4.78 is 24.2. The summed E-state index contributed by atoms with van der Waals surface area (Å²) in [5, 5.41) is 0. The first-order valence-electron chi connectivity index (χ1n) is 12.9. The fraction of sp³-hybridized carbons (Fsp3) is 0.567. The maximum absolute atomic E-state index is 12.2. The fourth-order valence-electron chi connectivity index (χ4n) is 5.16. The Balaban J connectivity index is 1.69. The Labute approximate surface area is 211 Å². The molecule has 0 N–H and O–H groups in total. The Morgan fingerprint density at radius 3 is 2.14 bits per heavy atom. The maximum atomic E-state index is 12.2. The molecule has 5 heteroatoms. The Hall–Kier alpha value is -2.21. The van der Waals surface area contributed by atoms with Crippen molar-refractivity contribution in [3.05, 3.63) is 71.8 Å². The van der Waals surface area contributed by atoms with Crippen LogP contribution in [0.5, 0.6) is 0 Å². The number of carbonyl (C=O) groups excluding carboxylic acids is 1. The minimum absolute atomic E-state index is 0.00166. The summed E-state index contributed by atoms with van der Waals surface area (Å²) in [4.78, 5) is 12.2. The third-order valence-electron chi connectivity index (χ3n) is 7.30. The van der Waals surface area contributed by atoms with Gasteiger partial charge in [-0.05, 0) is 36.8 Å². The second-order valence-electron chi connectivity index (χ2n) is 10.1. The Kier molecular flexibility index (Phi) is 10.8. The van der Waals surface area contributed by atoms with Crippen LogP contribution in [-0.4, -0.2) is 38.0 Å². The Bertz CT molecular complexity index is 871. The van der Waals surface area contributed by atoms with Gasteiger partial charge in [-0.2, -0.15) is 0 Å². The average Bonchev–Trinajstić information content (AvgIpc) is 2.89. The molecule has 0 radical (unpaired) electrons. The minimum atomic E-state index is -0.280. The van der Waals surface area contributed by atoms with Crippen molar-refractivity contribution in [2.75, 3.05) is 13.7 Å². The van der Waals surface area contributed by atoms with E-state index < -0.39 is 0 Å². The molecule has 0 bridgehead atoms. The zero-order valence-electron chi connectivity index (χ0n) is 21.9. The molecule has 2 aromatic rings. The largest absolute Gasteiger partial charge is 0.469 e. The second kappa shape index (κ2) is 13.8. The number of ether oxygens (including phenoxy) is 4. The van der Waals surface area contributed by atoms with Crippen LogP contribution < -0.4 is 0 Å². The van der Waals surface area contributed by atoms with Gasteiger partial charge in [-0.3, -0.25) is 4.79 Å². The van der Waals surface area contributed by atoms with Gasteiger partial charge in [-0.1, -0.05) is 81.4 Å². The summed E-state index contributed by atoms with van der Waals surface area (Å²) in [6, 6.07) is 20.5. The number of hydrogen-bond acceptors (Lipinski definition) is 5. The highest BCUT2D eigenvalue weighted by atomic mass is 16.5. The van der Waals surface area contributed by atoms with Gasteiger partial charge in [0.15, 0.2) is 0 Å². The molecular weight excluding hydrogens is 440 g/mol. The van der Waals surface area contributed by atoms with Crippen molar-refractivity contribution in [3.8, 4) is 0 Å². The molecule has 35 heavy (non-hydrogen) atoms. The molecule has 0 saturated carbocycles. The lowest BCUT2D eigenvalue weighted by atomic mass is 9.79. The van der Waals surface area contributed by atoms with Gasteiger partial charge in [0.25, 0.3) is 0 Å². The van der Waals surface area contributed by atoms with Crippen molar-refractivity contribution >= 4 is 5.97 Å². The lowest BCUT2D eigenvalue weighted by Crippen LogP contribution is -2.47. The van der Waals surface area contributed by atoms with Crippen molar-refractivity contribution in [3.63, 3.8) is 0 Å². The van der Waals surface area contributed by atoms with Gasteiger partial charge < -0.3 is 18.9 Å². The molecule has 1 aliphatic rings. The van der Waals surface area contributed by atoms with E-state index in [2.05, 4.69) is 45.0 Å². The third kappa shape index (κ3) is 7.89. The average molecular weight is 483 g/mol. The summed E-state index contributed by atoms with van der Waals surface area (Å²) in [5.41, 5.74) is 2.32. The molecule has 5 nitrogen and oxygen atoms in total. The van der Waals surface area contributed by atoms with E-state index in [1.807, 2.05) is 43.3 Å². The smallest absolute Gasteiger partial charge is 0.311 e. The van der Waals surface area contributed by atoms with Crippen LogP contribution >= 0.6 is 0 Å². The number of hydrogen-bond donors (Lipinski definition) is 0. The topological polar surface area (TPSA) is 54.0 Å². The van der Waals surface area contributed by atoms with E-state index in [9.17, 15) is 4.79 Å². The number of methoxy groups -OCH3 is 1. The zero-order chi connectivity index (χ0) is 25.2. The molecular formula is C30H42O5. The van der Waals surface area contributed by atoms with Crippen LogP contribution in [0.2, 0.25) is 0 Å². The zero-order valence-corrected chi connectivity index (χ0v) is 21.9. The summed E-state index contributed by atoms with van der Waals surface area (Å²) >= 11 is 0. The first kappa shape index (κ1) is 27.4. The standard InChI is InChI=1S/C30H42O5/c1-21-16-17-27(23(3)30(31)32-5)35-29(21)24(4)28(34-20-26-14-10-7-11-15-26)22(2)18-33-19-25-12-8-6-9-13-25/h6-15,21-24,27-29H,16-20H2,1-5H3/t21-,22-,23-,24-,27-,28-,29-/m0/s1. The van der Waals surface area contributed by atoms with Crippen LogP contribution in [0.15, 0.2) is 60.7 Å². The first-order chi connectivity index (χ1) is 16.9. The van der Waals surface area contributed by atoms with Gasteiger partial charge in [-0.15, -0.1) is 0 Å². The highest BCUT2D eigenvalue weighted by Gasteiger charge is 2.40. The van der Waals surface area contributed by atoms with Gasteiger partial charge in [0.2, 0.25) is 0 Å². The summed E-state index contributed by atoms with van der Waals surface area (Å²) in [5.74, 6) is 0.197. The quantitative estimate of drug-likeness (QED) is 0.345. The number of esters is 1. The molecule has 1 aliphatic heterocycles. The van der Waals surface area contributed by atoms with Crippen LogP contribution in [0.4, 0.5) is 0 Å². The molecule has 192 valence electrons. The molecule has 1 fully saturated rings. The summed E-state index contributed by atoms with van der Waals surface area (Å²) in [6.45, 7) is 10.3. The van der Waals surface area contributed by atoms with Crippen LogP contribution in [0.3, 0.4) is 0 Å². The molecule has 2 aromatic carbocycles. The van der Waals surface area contributed by atoms with Crippen LogP contribution in [-0.2, 0) is 37.0 Å². The molecule has 7 atom stereocenters. The van der Waals surface area contributed by atoms with Gasteiger partial charge in [0, 0.05) is 11.8 Å². The lowest BCUT2D eigenvalue weighted by molar-refractivity contribution is -0.174. The molecule has 1 saturated heterocycles. The monoisotopic (exact) mass is 482 g/mol. The normalized spacial score (nSPS) is 23.7.